The monoisotopic (exact) mass is 457 g/mol. The van der Waals surface area contributed by atoms with Gasteiger partial charge in [0, 0.05) is 40.0 Å². The lowest BCUT2D eigenvalue weighted by atomic mass is 9.95. The van der Waals surface area contributed by atoms with Crippen molar-refractivity contribution in [2.24, 2.45) is 0 Å². The number of nitrogens with one attached hydrogen (secondary N) is 2. The fraction of sp³-hybridized carbons (Fsp3) is 0.227. The smallest absolute Gasteiger partial charge is 0.255 e. The molecule has 0 bridgehead atoms. The number of amides is 1. The van der Waals surface area contributed by atoms with Gasteiger partial charge in [-0.3, -0.25) is 4.79 Å². The minimum absolute atomic E-state index is 0.0474. The van der Waals surface area contributed by atoms with Crippen LogP contribution in [-0.2, 0) is 11.2 Å². The van der Waals surface area contributed by atoms with Gasteiger partial charge < -0.3 is 15.7 Å². The highest BCUT2D eigenvalue weighted by Crippen LogP contribution is 2.39. The molecule has 2 heterocycles. The highest BCUT2D eigenvalue weighted by atomic mass is 35.5. The first-order valence-corrected chi connectivity index (χ1v) is 10.6. The number of para-hydroxylation sites is 1. The number of anilines is 2. The van der Waals surface area contributed by atoms with Crippen molar-refractivity contribution in [1.29, 1.82) is 0 Å². The number of hydrogen-bond donors (Lipinski definition) is 3. The maximum Gasteiger partial charge on any atom is 0.255 e. The van der Waals surface area contributed by atoms with E-state index in [0.29, 0.717) is 57.2 Å². The third-order valence-corrected chi connectivity index (χ3v) is 5.55. The number of aromatic nitrogens is 3. The molecule has 1 unspecified atom stereocenters. The van der Waals surface area contributed by atoms with E-state index in [9.17, 15) is 4.79 Å². The van der Waals surface area contributed by atoms with Gasteiger partial charge in [-0.25, -0.2) is 4.68 Å². The first kappa shape index (κ1) is 21.4. The molecule has 0 aliphatic carbocycles. The van der Waals surface area contributed by atoms with Crippen molar-refractivity contribution in [3.05, 3.63) is 81.2 Å². The van der Waals surface area contributed by atoms with Gasteiger partial charge >= 0.3 is 0 Å². The third-order valence-electron chi connectivity index (χ3n) is 4.99. The average molecular weight is 458 g/mol. The SMILES string of the molecule is CC1=C(C(=O)Nc2ccccc2)C(c2ccc(Cl)cc2Cl)n2nc(CCCO)nc2N1. The number of allylic oxidation sites excluding steroid dienone is 1. The standard InChI is InChI=1S/C22H21Cl2N5O2/c1-13-19(21(31)26-15-6-3-2-4-7-15)20(16-10-9-14(23)12-17(16)24)29-22(25-13)27-18(28-29)8-5-11-30/h2-4,6-7,9-10,12,20,30H,5,8,11H2,1H3,(H,26,31)(H,25,27,28). The molecule has 3 N–H and O–H groups in total. The molecular formula is C22H21Cl2N5O2. The number of benzene rings is 2. The summed E-state index contributed by atoms with van der Waals surface area (Å²) >= 11 is 12.6. The van der Waals surface area contributed by atoms with Crippen molar-refractivity contribution in [3.8, 4) is 0 Å². The van der Waals surface area contributed by atoms with E-state index < -0.39 is 6.04 Å². The minimum atomic E-state index is -0.597. The molecule has 160 valence electrons. The number of aryl methyl sites for hydroxylation is 1. The van der Waals surface area contributed by atoms with E-state index in [2.05, 4.69) is 20.7 Å². The highest BCUT2D eigenvalue weighted by molar-refractivity contribution is 6.35. The topological polar surface area (TPSA) is 92.1 Å². The maximum atomic E-state index is 13.4. The first-order chi connectivity index (χ1) is 15.0. The summed E-state index contributed by atoms with van der Waals surface area (Å²) in [5, 5.41) is 20.8. The largest absolute Gasteiger partial charge is 0.396 e. The molecule has 0 saturated heterocycles. The Labute approximate surface area is 189 Å². The van der Waals surface area contributed by atoms with Crippen LogP contribution in [0.1, 0.15) is 30.8 Å². The molecule has 0 spiro atoms. The van der Waals surface area contributed by atoms with E-state index in [4.69, 9.17) is 28.3 Å². The van der Waals surface area contributed by atoms with Gasteiger partial charge in [-0.15, -0.1) is 0 Å². The Morgan fingerprint density at radius 3 is 2.71 bits per heavy atom. The Kier molecular flexibility index (Phi) is 6.27. The number of hydrogen-bond acceptors (Lipinski definition) is 5. The van der Waals surface area contributed by atoms with Crippen LogP contribution in [0, 0.1) is 0 Å². The van der Waals surface area contributed by atoms with Gasteiger partial charge in [0.25, 0.3) is 5.91 Å². The lowest BCUT2D eigenvalue weighted by Crippen LogP contribution is -2.31. The van der Waals surface area contributed by atoms with Crippen LogP contribution in [0.25, 0.3) is 0 Å². The van der Waals surface area contributed by atoms with Crippen LogP contribution in [-0.4, -0.2) is 32.4 Å². The Morgan fingerprint density at radius 2 is 2.00 bits per heavy atom. The van der Waals surface area contributed by atoms with Crippen LogP contribution >= 0.6 is 23.2 Å². The number of carbonyl (C=O) groups is 1. The molecule has 0 radical (unpaired) electrons. The van der Waals surface area contributed by atoms with E-state index in [1.54, 1.807) is 22.9 Å². The molecule has 0 fully saturated rings. The normalized spacial score (nSPS) is 15.4. The number of halogens is 2. The summed E-state index contributed by atoms with van der Waals surface area (Å²) in [6, 6.07) is 13.8. The van der Waals surface area contributed by atoms with Crippen LogP contribution in [0.3, 0.4) is 0 Å². The lowest BCUT2D eigenvalue weighted by molar-refractivity contribution is -0.113. The fourth-order valence-corrected chi connectivity index (χ4v) is 4.08. The van der Waals surface area contributed by atoms with E-state index in [-0.39, 0.29) is 12.5 Å². The van der Waals surface area contributed by atoms with Crippen LogP contribution in [0.5, 0.6) is 0 Å². The quantitative estimate of drug-likeness (QED) is 0.508. The summed E-state index contributed by atoms with van der Waals surface area (Å²) < 4.78 is 1.66. The zero-order chi connectivity index (χ0) is 22.0. The molecule has 4 rings (SSSR count). The molecule has 9 heteroatoms. The summed E-state index contributed by atoms with van der Waals surface area (Å²) in [6.07, 6.45) is 1.06. The molecule has 1 atom stereocenters. The Balaban J connectivity index is 1.79. The molecule has 0 saturated carbocycles. The van der Waals surface area contributed by atoms with Gasteiger partial charge in [-0.05, 0) is 37.6 Å². The molecular weight excluding hydrogens is 437 g/mol. The number of fused-ring (bicyclic) bond motifs is 1. The van der Waals surface area contributed by atoms with Crippen molar-refractivity contribution in [3.63, 3.8) is 0 Å². The van der Waals surface area contributed by atoms with Gasteiger partial charge in [0.15, 0.2) is 5.82 Å². The number of rotatable bonds is 6. The molecule has 1 aliphatic rings. The lowest BCUT2D eigenvalue weighted by Gasteiger charge is -2.29. The van der Waals surface area contributed by atoms with E-state index in [0.717, 1.165) is 0 Å². The van der Waals surface area contributed by atoms with Gasteiger partial charge in [-0.1, -0.05) is 47.5 Å². The van der Waals surface area contributed by atoms with Gasteiger partial charge in [0.2, 0.25) is 5.95 Å². The maximum absolute atomic E-state index is 13.4. The van der Waals surface area contributed by atoms with Crippen molar-refractivity contribution in [1.82, 2.24) is 14.8 Å². The average Bonchev–Trinajstić information content (AvgIpc) is 3.14. The van der Waals surface area contributed by atoms with Crippen LogP contribution in [0.15, 0.2) is 59.8 Å². The van der Waals surface area contributed by atoms with E-state index in [1.807, 2.05) is 37.3 Å². The summed E-state index contributed by atoms with van der Waals surface area (Å²) in [6.45, 7) is 1.87. The summed E-state index contributed by atoms with van der Waals surface area (Å²) in [5.74, 6) is 0.812. The van der Waals surface area contributed by atoms with E-state index >= 15 is 0 Å². The van der Waals surface area contributed by atoms with Crippen LogP contribution in [0.2, 0.25) is 10.0 Å². The van der Waals surface area contributed by atoms with Crippen LogP contribution < -0.4 is 10.6 Å². The summed E-state index contributed by atoms with van der Waals surface area (Å²) in [5.41, 5.74) is 2.49. The van der Waals surface area contributed by atoms with Crippen molar-refractivity contribution < 1.29 is 9.90 Å². The first-order valence-electron chi connectivity index (χ1n) is 9.83. The molecule has 2 aromatic carbocycles. The molecule has 7 nitrogen and oxygen atoms in total. The van der Waals surface area contributed by atoms with Crippen LogP contribution in [0.4, 0.5) is 11.6 Å². The summed E-state index contributed by atoms with van der Waals surface area (Å²) in [4.78, 5) is 17.9. The molecule has 3 aromatic rings. The summed E-state index contributed by atoms with van der Waals surface area (Å²) in [7, 11) is 0. The van der Waals surface area contributed by atoms with E-state index in [1.165, 1.54) is 0 Å². The Bertz CT molecular complexity index is 1140. The molecule has 31 heavy (non-hydrogen) atoms. The highest BCUT2D eigenvalue weighted by Gasteiger charge is 2.35. The van der Waals surface area contributed by atoms with Gasteiger partial charge in [-0.2, -0.15) is 10.1 Å². The van der Waals surface area contributed by atoms with Gasteiger partial charge in [0.05, 0.1) is 5.57 Å². The Hall–Kier alpha value is -2.87. The zero-order valence-corrected chi connectivity index (χ0v) is 18.3. The molecule has 1 amide bonds. The fourth-order valence-electron chi connectivity index (χ4n) is 3.56. The third kappa shape index (κ3) is 4.44. The number of carbonyl (C=O) groups excluding carboxylic acids is 1. The predicted molar refractivity (Wildman–Crippen MR) is 121 cm³/mol. The molecule has 1 aromatic heterocycles. The number of nitrogens with zero attached hydrogens (tertiary/aromatic N) is 3. The van der Waals surface area contributed by atoms with Gasteiger partial charge in [0.1, 0.15) is 6.04 Å². The molecule has 1 aliphatic heterocycles. The minimum Gasteiger partial charge on any atom is -0.396 e. The second kappa shape index (κ2) is 9.09. The second-order valence-corrected chi connectivity index (χ2v) is 8.02. The number of aliphatic hydroxyl groups is 1. The zero-order valence-electron chi connectivity index (χ0n) is 16.8. The predicted octanol–water partition coefficient (Wildman–Crippen LogP) is 4.44. The van der Waals surface area contributed by atoms with Crippen molar-refractivity contribution in [2.75, 3.05) is 17.2 Å². The van der Waals surface area contributed by atoms with Crippen molar-refractivity contribution >= 4 is 40.7 Å². The number of aliphatic hydroxyl groups excluding tert-OH is 1. The van der Waals surface area contributed by atoms with Crippen molar-refractivity contribution in [2.45, 2.75) is 25.8 Å². The second-order valence-electron chi connectivity index (χ2n) is 7.18. The Morgan fingerprint density at radius 1 is 1.23 bits per heavy atom.